The Morgan fingerprint density at radius 2 is 1.81 bits per heavy atom. The van der Waals surface area contributed by atoms with E-state index in [1.807, 2.05) is 41.4 Å². The van der Waals surface area contributed by atoms with E-state index in [0.717, 1.165) is 58.9 Å². The third kappa shape index (κ3) is 4.04. The predicted molar refractivity (Wildman–Crippen MR) is 124 cm³/mol. The molecule has 0 saturated carbocycles. The highest BCUT2D eigenvalue weighted by atomic mass is 35.5. The third-order valence-corrected chi connectivity index (χ3v) is 6.19. The zero-order valence-corrected chi connectivity index (χ0v) is 17.8. The van der Waals surface area contributed by atoms with Crippen LogP contribution in [-0.2, 0) is 11.2 Å². The summed E-state index contributed by atoms with van der Waals surface area (Å²) in [6.07, 6.45) is 11.6. The third-order valence-electron chi connectivity index (χ3n) is 5.95. The van der Waals surface area contributed by atoms with Crippen molar-refractivity contribution < 1.29 is 4.79 Å². The molecule has 5 rings (SSSR count). The number of likely N-dealkylation sites (tertiary alicyclic amines) is 1. The highest BCUT2D eigenvalue weighted by molar-refractivity contribution is 6.30. The molecule has 3 heterocycles. The normalized spacial score (nSPS) is 15.3. The van der Waals surface area contributed by atoms with Gasteiger partial charge in [-0.25, -0.2) is 0 Å². The minimum atomic E-state index is 0.158. The van der Waals surface area contributed by atoms with Gasteiger partial charge in [0.25, 0.3) is 0 Å². The number of carbonyl (C=O) groups is 1. The number of fused-ring (bicyclic) bond motifs is 2. The van der Waals surface area contributed by atoms with Gasteiger partial charge in [-0.1, -0.05) is 47.5 Å². The number of hydrogen-bond donors (Lipinski definition) is 0. The largest absolute Gasteiger partial charge is 0.342 e. The van der Waals surface area contributed by atoms with Crippen LogP contribution in [0.5, 0.6) is 0 Å². The summed E-state index contributed by atoms with van der Waals surface area (Å²) in [6.45, 7) is 1.44. The standard InChI is InChI=1S/C26H22ClN3O/c27-22-7-8-23-21(16-22)6-5-20-4-2-12-29-26(20)25(23)19-9-13-30(14-10-19)24(31)15-18-3-1-11-28-17-18/h1-8,11-12,16-17H,9-10,13-15H2. The Bertz CT molecular complexity index is 1190. The van der Waals surface area contributed by atoms with E-state index in [0.29, 0.717) is 6.42 Å². The van der Waals surface area contributed by atoms with Gasteiger partial charge in [0, 0.05) is 47.8 Å². The molecule has 0 spiro atoms. The van der Waals surface area contributed by atoms with Crippen LogP contribution in [0.2, 0.25) is 5.02 Å². The Labute approximate surface area is 186 Å². The minimum Gasteiger partial charge on any atom is -0.342 e. The lowest BCUT2D eigenvalue weighted by molar-refractivity contribution is -0.130. The van der Waals surface area contributed by atoms with Crippen LogP contribution in [0, 0.1) is 0 Å². The maximum atomic E-state index is 12.8. The highest BCUT2D eigenvalue weighted by Gasteiger charge is 2.25. The summed E-state index contributed by atoms with van der Waals surface area (Å²) in [4.78, 5) is 23.6. The van der Waals surface area contributed by atoms with E-state index >= 15 is 0 Å². The molecule has 4 nitrogen and oxygen atoms in total. The molecule has 1 aromatic carbocycles. The molecule has 2 aromatic heterocycles. The van der Waals surface area contributed by atoms with Crippen molar-refractivity contribution in [3.8, 4) is 0 Å². The zero-order chi connectivity index (χ0) is 21.2. The first-order valence-corrected chi connectivity index (χ1v) is 10.9. The van der Waals surface area contributed by atoms with Gasteiger partial charge in [0.15, 0.2) is 0 Å². The molecule has 0 bridgehead atoms. The maximum Gasteiger partial charge on any atom is 0.227 e. The second-order valence-electron chi connectivity index (χ2n) is 7.90. The molecule has 1 saturated heterocycles. The second kappa shape index (κ2) is 8.48. The molecular formula is C26H22ClN3O. The number of nitrogens with zero attached hydrogens (tertiary/aromatic N) is 3. The summed E-state index contributed by atoms with van der Waals surface area (Å²) in [5.74, 6) is 0.158. The van der Waals surface area contributed by atoms with Gasteiger partial charge in [-0.3, -0.25) is 14.8 Å². The van der Waals surface area contributed by atoms with Gasteiger partial charge in [-0.15, -0.1) is 0 Å². The van der Waals surface area contributed by atoms with E-state index in [4.69, 9.17) is 16.6 Å². The number of hydrogen-bond acceptors (Lipinski definition) is 3. The van der Waals surface area contributed by atoms with Gasteiger partial charge in [-0.2, -0.15) is 0 Å². The van der Waals surface area contributed by atoms with E-state index in [9.17, 15) is 4.79 Å². The Balaban J connectivity index is 1.45. The average Bonchev–Trinajstić information content (AvgIpc) is 2.96. The van der Waals surface area contributed by atoms with Gasteiger partial charge in [0.05, 0.1) is 12.1 Å². The topological polar surface area (TPSA) is 46.1 Å². The smallest absolute Gasteiger partial charge is 0.227 e. The minimum absolute atomic E-state index is 0.158. The molecule has 31 heavy (non-hydrogen) atoms. The first-order valence-electron chi connectivity index (χ1n) is 10.5. The summed E-state index contributed by atoms with van der Waals surface area (Å²) in [6, 6.07) is 13.9. The van der Waals surface area contributed by atoms with Crippen molar-refractivity contribution in [1.29, 1.82) is 0 Å². The summed E-state index contributed by atoms with van der Waals surface area (Å²) >= 11 is 6.28. The zero-order valence-electron chi connectivity index (χ0n) is 17.1. The van der Waals surface area contributed by atoms with Crippen LogP contribution in [0.25, 0.3) is 17.7 Å². The molecule has 0 atom stereocenters. The van der Waals surface area contributed by atoms with Crippen molar-refractivity contribution in [2.75, 3.05) is 13.1 Å². The molecule has 2 aliphatic rings. The fourth-order valence-electron chi connectivity index (χ4n) is 4.39. The quantitative estimate of drug-likeness (QED) is 0.437. The monoisotopic (exact) mass is 427 g/mol. The Morgan fingerprint density at radius 3 is 2.61 bits per heavy atom. The van der Waals surface area contributed by atoms with E-state index in [2.05, 4.69) is 29.3 Å². The number of pyridine rings is 2. The molecular weight excluding hydrogens is 406 g/mol. The number of amides is 1. The van der Waals surface area contributed by atoms with Crippen molar-refractivity contribution in [2.45, 2.75) is 19.3 Å². The van der Waals surface area contributed by atoms with Crippen LogP contribution in [0.1, 0.15) is 40.8 Å². The van der Waals surface area contributed by atoms with E-state index < -0.39 is 0 Å². The van der Waals surface area contributed by atoms with Crippen molar-refractivity contribution in [2.24, 2.45) is 0 Å². The summed E-state index contributed by atoms with van der Waals surface area (Å²) in [7, 11) is 0. The Morgan fingerprint density at radius 1 is 1.00 bits per heavy atom. The number of aromatic nitrogens is 2. The van der Waals surface area contributed by atoms with Gasteiger partial charge in [0.2, 0.25) is 5.91 Å². The van der Waals surface area contributed by atoms with Crippen molar-refractivity contribution in [3.63, 3.8) is 0 Å². The van der Waals surface area contributed by atoms with Crippen molar-refractivity contribution in [1.82, 2.24) is 14.9 Å². The fourth-order valence-corrected chi connectivity index (χ4v) is 4.57. The number of benzene rings is 1. The molecule has 0 radical (unpaired) electrons. The number of piperidine rings is 1. The summed E-state index contributed by atoms with van der Waals surface area (Å²) in [5.41, 5.74) is 7.85. The molecule has 0 N–H and O–H groups in total. The predicted octanol–water partition coefficient (Wildman–Crippen LogP) is 5.28. The van der Waals surface area contributed by atoms with Gasteiger partial charge >= 0.3 is 0 Å². The lowest BCUT2D eigenvalue weighted by Crippen LogP contribution is -2.37. The molecule has 0 unspecified atom stereocenters. The van der Waals surface area contributed by atoms with Crippen LogP contribution in [0.15, 0.2) is 66.6 Å². The van der Waals surface area contributed by atoms with Crippen molar-refractivity contribution in [3.05, 3.63) is 99.6 Å². The summed E-state index contributed by atoms with van der Waals surface area (Å²) in [5, 5.41) is 0.725. The average molecular weight is 428 g/mol. The SMILES string of the molecule is O=C(Cc1cccnc1)N1CCC(=C2c3ccc(Cl)cc3C=Cc3cccnc32)CC1. The second-order valence-corrected chi connectivity index (χ2v) is 8.34. The number of carbonyl (C=O) groups excluding carboxylic acids is 1. The molecule has 1 aliphatic heterocycles. The van der Waals surface area contributed by atoms with Gasteiger partial charge in [-0.05, 0) is 53.8 Å². The molecule has 3 aromatic rings. The molecule has 5 heteroatoms. The first-order chi connectivity index (χ1) is 15.2. The van der Waals surface area contributed by atoms with Crippen LogP contribution in [-0.4, -0.2) is 33.9 Å². The molecule has 1 fully saturated rings. The number of rotatable bonds is 2. The van der Waals surface area contributed by atoms with E-state index in [1.165, 1.54) is 11.1 Å². The van der Waals surface area contributed by atoms with Crippen LogP contribution >= 0.6 is 11.6 Å². The molecule has 154 valence electrons. The van der Waals surface area contributed by atoms with Crippen LogP contribution < -0.4 is 0 Å². The molecule has 1 aliphatic carbocycles. The summed E-state index contributed by atoms with van der Waals surface area (Å²) < 4.78 is 0. The highest BCUT2D eigenvalue weighted by Crippen LogP contribution is 2.38. The maximum absolute atomic E-state index is 12.8. The molecule has 1 amide bonds. The lowest BCUT2D eigenvalue weighted by atomic mass is 9.88. The first kappa shape index (κ1) is 19.7. The van der Waals surface area contributed by atoms with Gasteiger partial charge in [0.1, 0.15) is 0 Å². The Hall–Kier alpha value is -3.24. The van der Waals surface area contributed by atoms with E-state index in [-0.39, 0.29) is 5.91 Å². The van der Waals surface area contributed by atoms with Crippen LogP contribution in [0.4, 0.5) is 0 Å². The van der Waals surface area contributed by atoms with E-state index in [1.54, 1.807) is 12.4 Å². The van der Waals surface area contributed by atoms with Crippen molar-refractivity contribution >= 4 is 35.2 Å². The lowest BCUT2D eigenvalue weighted by Gasteiger charge is -2.30. The Kier molecular flexibility index (Phi) is 5.39. The fraction of sp³-hybridized carbons (Fsp3) is 0.192. The van der Waals surface area contributed by atoms with Crippen LogP contribution in [0.3, 0.4) is 0 Å². The number of halogens is 1. The van der Waals surface area contributed by atoms with Gasteiger partial charge < -0.3 is 4.90 Å².